The molecule has 1 aliphatic carbocycles. The fourth-order valence-corrected chi connectivity index (χ4v) is 3.29. The van der Waals surface area contributed by atoms with E-state index in [4.69, 9.17) is 0 Å². The summed E-state index contributed by atoms with van der Waals surface area (Å²) in [5.41, 5.74) is 0. The first-order chi connectivity index (χ1) is 8.63. The molecule has 4 atom stereocenters. The molecule has 0 aromatic carbocycles. The van der Waals surface area contributed by atoms with Gasteiger partial charge in [0.1, 0.15) is 0 Å². The molecule has 5 nitrogen and oxygen atoms in total. The second kappa shape index (κ2) is 4.79. The van der Waals surface area contributed by atoms with Crippen molar-refractivity contribution in [2.75, 3.05) is 13.1 Å². The lowest BCUT2D eigenvalue weighted by molar-refractivity contribution is -0.123. The molecule has 0 unspecified atom stereocenters. The van der Waals surface area contributed by atoms with Crippen molar-refractivity contribution in [3.05, 3.63) is 0 Å². The topological polar surface area (TPSA) is 64.6 Å². The SMILES string of the molecule is C[C@@H]1C[C@H](NC(=O)[C@@H]2C[C@H](O)CN2)CN1C1CC1. The maximum atomic E-state index is 12.0. The number of carbonyl (C=O) groups is 1. The van der Waals surface area contributed by atoms with Gasteiger partial charge >= 0.3 is 0 Å². The van der Waals surface area contributed by atoms with Crippen molar-refractivity contribution in [2.45, 2.75) is 62.9 Å². The molecule has 5 heteroatoms. The van der Waals surface area contributed by atoms with E-state index < -0.39 is 0 Å². The smallest absolute Gasteiger partial charge is 0.237 e. The summed E-state index contributed by atoms with van der Waals surface area (Å²) < 4.78 is 0. The van der Waals surface area contributed by atoms with Crippen LogP contribution in [0.1, 0.15) is 32.6 Å². The molecule has 3 rings (SSSR count). The first-order valence-corrected chi connectivity index (χ1v) is 7.11. The molecule has 3 fully saturated rings. The van der Waals surface area contributed by atoms with E-state index in [0.717, 1.165) is 19.0 Å². The molecule has 102 valence electrons. The number of nitrogens with zero attached hydrogens (tertiary/aromatic N) is 1. The summed E-state index contributed by atoms with van der Waals surface area (Å²) in [5, 5.41) is 15.6. The Labute approximate surface area is 108 Å². The van der Waals surface area contributed by atoms with Gasteiger partial charge in [0, 0.05) is 31.2 Å². The molecule has 2 heterocycles. The Bertz CT molecular complexity index is 332. The third-order valence-corrected chi connectivity index (χ3v) is 4.41. The summed E-state index contributed by atoms with van der Waals surface area (Å²) in [7, 11) is 0. The number of carbonyl (C=O) groups excluding carboxylic acids is 1. The highest BCUT2D eigenvalue weighted by Gasteiger charge is 2.40. The van der Waals surface area contributed by atoms with Gasteiger partial charge in [-0.25, -0.2) is 0 Å². The molecule has 0 spiro atoms. The zero-order valence-electron chi connectivity index (χ0n) is 10.9. The van der Waals surface area contributed by atoms with E-state index in [0.29, 0.717) is 19.0 Å². The van der Waals surface area contributed by atoms with Crippen LogP contribution in [0.25, 0.3) is 0 Å². The van der Waals surface area contributed by atoms with Gasteiger partial charge in [0.25, 0.3) is 0 Å². The second-order valence-corrected chi connectivity index (χ2v) is 6.07. The van der Waals surface area contributed by atoms with Gasteiger partial charge in [-0.15, -0.1) is 0 Å². The Kier molecular flexibility index (Phi) is 3.30. The van der Waals surface area contributed by atoms with Crippen LogP contribution in [-0.2, 0) is 4.79 Å². The van der Waals surface area contributed by atoms with Crippen LogP contribution in [0.3, 0.4) is 0 Å². The van der Waals surface area contributed by atoms with Crippen LogP contribution in [0, 0.1) is 0 Å². The highest BCUT2D eigenvalue weighted by atomic mass is 16.3. The van der Waals surface area contributed by atoms with E-state index in [-0.39, 0.29) is 24.1 Å². The van der Waals surface area contributed by atoms with Gasteiger partial charge in [0.05, 0.1) is 12.1 Å². The van der Waals surface area contributed by atoms with Gasteiger partial charge in [0.15, 0.2) is 0 Å². The summed E-state index contributed by atoms with van der Waals surface area (Å²) in [6.07, 6.45) is 3.87. The van der Waals surface area contributed by atoms with Crippen molar-refractivity contribution in [3.63, 3.8) is 0 Å². The van der Waals surface area contributed by atoms with Gasteiger partial charge in [0.2, 0.25) is 5.91 Å². The van der Waals surface area contributed by atoms with Crippen LogP contribution >= 0.6 is 0 Å². The van der Waals surface area contributed by atoms with Crippen LogP contribution in [-0.4, -0.2) is 59.3 Å². The van der Waals surface area contributed by atoms with Gasteiger partial charge < -0.3 is 15.7 Å². The molecule has 3 N–H and O–H groups in total. The molecule has 3 aliphatic rings. The number of rotatable bonds is 3. The van der Waals surface area contributed by atoms with Gasteiger partial charge in [-0.1, -0.05) is 0 Å². The van der Waals surface area contributed by atoms with Gasteiger partial charge in [-0.2, -0.15) is 0 Å². The number of aliphatic hydroxyl groups is 1. The fraction of sp³-hybridized carbons (Fsp3) is 0.923. The molecular formula is C13H23N3O2. The monoisotopic (exact) mass is 253 g/mol. The van der Waals surface area contributed by atoms with Crippen LogP contribution in [0.15, 0.2) is 0 Å². The van der Waals surface area contributed by atoms with Crippen molar-refractivity contribution >= 4 is 5.91 Å². The Hall–Kier alpha value is -0.650. The number of amides is 1. The molecule has 0 radical (unpaired) electrons. The number of aliphatic hydroxyl groups excluding tert-OH is 1. The normalized spacial score (nSPS) is 41.2. The van der Waals surface area contributed by atoms with Crippen LogP contribution in [0.4, 0.5) is 0 Å². The average molecular weight is 253 g/mol. The van der Waals surface area contributed by atoms with Crippen LogP contribution in [0.5, 0.6) is 0 Å². The molecule has 2 aliphatic heterocycles. The number of likely N-dealkylation sites (tertiary alicyclic amines) is 1. The Morgan fingerprint density at radius 2 is 2.17 bits per heavy atom. The highest BCUT2D eigenvalue weighted by molar-refractivity contribution is 5.82. The lowest BCUT2D eigenvalue weighted by Crippen LogP contribution is -2.46. The summed E-state index contributed by atoms with van der Waals surface area (Å²) in [5.74, 6) is 0.0568. The Morgan fingerprint density at radius 1 is 1.39 bits per heavy atom. The molecule has 18 heavy (non-hydrogen) atoms. The molecule has 2 saturated heterocycles. The first-order valence-electron chi connectivity index (χ1n) is 7.11. The minimum absolute atomic E-state index is 0.0568. The molecular weight excluding hydrogens is 230 g/mol. The molecule has 0 aromatic rings. The lowest BCUT2D eigenvalue weighted by atomic mass is 10.1. The molecule has 1 amide bonds. The highest BCUT2D eigenvalue weighted by Crippen LogP contribution is 2.33. The summed E-state index contributed by atoms with van der Waals surface area (Å²) in [6.45, 7) is 3.78. The number of nitrogens with one attached hydrogen (secondary N) is 2. The van der Waals surface area contributed by atoms with Crippen molar-refractivity contribution < 1.29 is 9.90 Å². The fourth-order valence-electron chi connectivity index (χ4n) is 3.29. The van der Waals surface area contributed by atoms with Crippen molar-refractivity contribution in [1.29, 1.82) is 0 Å². The lowest BCUT2D eigenvalue weighted by Gasteiger charge is -2.20. The minimum atomic E-state index is -0.369. The third kappa shape index (κ3) is 2.53. The van der Waals surface area contributed by atoms with Crippen LogP contribution in [0.2, 0.25) is 0 Å². The van der Waals surface area contributed by atoms with E-state index in [1.54, 1.807) is 0 Å². The average Bonchev–Trinajstić information content (AvgIpc) is 2.97. The Morgan fingerprint density at radius 3 is 2.78 bits per heavy atom. The van der Waals surface area contributed by atoms with Crippen molar-refractivity contribution in [2.24, 2.45) is 0 Å². The van der Waals surface area contributed by atoms with E-state index >= 15 is 0 Å². The standard InChI is InChI=1S/C13H23N3O2/c1-8-4-9(7-16(8)10-2-3-10)15-13(18)12-5-11(17)6-14-12/h8-12,14,17H,2-7H2,1H3,(H,15,18)/t8-,9+,11+,12+/m1/s1. The number of hydrogen-bond donors (Lipinski definition) is 3. The third-order valence-electron chi connectivity index (χ3n) is 4.41. The maximum Gasteiger partial charge on any atom is 0.237 e. The quantitative estimate of drug-likeness (QED) is 0.631. The molecule has 1 saturated carbocycles. The van der Waals surface area contributed by atoms with E-state index in [1.807, 2.05) is 0 Å². The van der Waals surface area contributed by atoms with Gasteiger partial charge in [-0.05, 0) is 32.6 Å². The van der Waals surface area contributed by atoms with Crippen molar-refractivity contribution in [3.8, 4) is 0 Å². The van der Waals surface area contributed by atoms with E-state index in [2.05, 4.69) is 22.5 Å². The molecule has 0 bridgehead atoms. The maximum absolute atomic E-state index is 12.0. The second-order valence-electron chi connectivity index (χ2n) is 6.07. The minimum Gasteiger partial charge on any atom is -0.392 e. The zero-order chi connectivity index (χ0) is 12.7. The van der Waals surface area contributed by atoms with Crippen LogP contribution < -0.4 is 10.6 Å². The number of hydrogen-bond acceptors (Lipinski definition) is 4. The van der Waals surface area contributed by atoms with E-state index in [1.165, 1.54) is 12.8 Å². The van der Waals surface area contributed by atoms with Gasteiger partial charge in [-0.3, -0.25) is 9.69 Å². The molecule has 0 aromatic heterocycles. The summed E-state index contributed by atoms with van der Waals surface area (Å²) in [6, 6.07) is 1.44. The Balaban J connectivity index is 1.49. The predicted molar refractivity (Wildman–Crippen MR) is 68.2 cm³/mol. The largest absolute Gasteiger partial charge is 0.392 e. The zero-order valence-corrected chi connectivity index (χ0v) is 10.9. The summed E-state index contributed by atoms with van der Waals surface area (Å²) in [4.78, 5) is 14.6. The summed E-state index contributed by atoms with van der Waals surface area (Å²) >= 11 is 0. The van der Waals surface area contributed by atoms with Crippen molar-refractivity contribution in [1.82, 2.24) is 15.5 Å². The first kappa shape index (κ1) is 12.4. The van der Waals surface area contributed by atoms with E-state index in [9.17, 15) is 9.90 Å². The number of β-amino-alcohol motifs (C(OH)–C–C–N with tert-alkyl or cyclic N) is 1. The predicted octanol–water partition coefficient (Wildman–Crippen LogP) is -0.549.